The molecule has 0 unspecified atom stereocenters. The average molecular weight is 216 g/mol. The fourth-order valence-corrected chi connectivity index (χ4v) is 2.13. The molecule has 4 nitrogen and oxygen atoms in total. The third kappa shape index (κ3) is 1.59. The molecule has 1 saturated carbocycles. The fraction of sp³-hybridized carbons (Fsp3) is 0.500. The minimum atomic E-state index is 0.680. The Morgan fingerprint density at radius 1 is 1.44 bits per heavy atom. The largest absolute Gasteiger partial charge is 0.314 e. The van der Waals surface area contributed by atoms with E-state index in [0.717, 1.165) is 17.9 Å². The number of hydrogen-bond acceptors (Lipinski definition) is 3. The van der Waals surface area contributed by atoms with Crippen LogP contribution in [0, 0.1) is 0 Å². The van der Waals surface area contributed by atoms with Gasteiger partial charge < -0.3 is 5.32 Å². The van der Waals surface area contributed by atoms with Crippen LogP contribution < -0.4 is 5.32 Å². The lowest BCUT2D eigenvalue weighted by molar-refractivity contribution is 0.407. The Labute approximate surface area is 94.7 Å². The summed E-state index contributed by atoms with van der Waals surface area (Å²) in [5, 5.41) is 7.73. The Balaban J connectivity index is 1.96. The van der Waals surface area contributed by atoms with Gasteiger partial charge in [-0.15, -0.1) is 0 Å². The molecule has 2 aromatic rings. The van der Waals surface area contributed by atoms with Crippen molar-refractivity contribution in [3.05, 3.63) is 29.7 Å². The Morgan fingerprint density at radius 2 is 2.31 bits per heavy atom. The van der Waals surface area contributed by atoms with Crippen LogP contribution in [0.5, 0.6) is 0 Å². The van der Waals surface area contributed by atoms with Crippen molar-refractivity contribution in [1.82, 2.24) is 19.9 Å². The molecule has 0 spiro atoms. The smallest absolute Gasteiger partial charge is 0.153 e. The quantitative estimate of drug-likeness (QED) is 0.849. The van der Waals surface area contributed by atoms with E-state index in [0.29, 0.717) is 5.92 Å². The molecule has 3 rings (SSSR count). The van der Waals surface area contributed by atoms with Gasteiger partial charge in [0.15, 0.2) is 5.65 Å². The molecular formula is C12H16N4. The van der Waals surface area contributed by atoms with Gasteiger partial charge in [0.05, 0.1) is 17.6 Å². The highest BCUT2D eigenvalue weighted by Gasteiger charge is 2.21. The van der Waals surface area contributed by atoms with Gasteiger partial charge in [-0.2, -0.15) is 5.10 Å². The minimum absolute atomic E-state index is 0.680. The normalized spacial score (nSPS) is 16.6. The molecule has 0 aromatic carbocycles. The molecule has 0 saturated heterocycles. The predicted octanol–water partition coefficient (Wildman–Crippen LogP) is 1.72. The molecule has 1 aliphatic rings. The number of nitrogens with zero attached hydrogens (tertiary/aromatic N) is 3. The van der Waals surface area contributed by atoms with Crippen LogP contribution in [0.15, 0.2) is 18.3 Å². The van der Waals surface area contributed by atoms with E-state index in [2.05, 4.69) is 27.5 Å². The zero-order valence-corrected chi connectivity index (χ0v) is 9.48. The van der Waals surface area contributed by atoms with E-state index in [-0.39, 0.29) is 0 Å². The van der Waals surface area contributed by atoms with Crippen molar-refractivity contribution in [2.75, 3.05) is 7.05 Å². The van der Waals surface area contributed by atoms with Gasteiger partial charge in [0.25, 0.3) is 0 Å². The second kappa shape index (κ2) is 3.87. The molecule has 0 aliphatic heterocycles. The van der Waals surface area contributed by atoms with E-state index in [1.54, 1.807) is 0 Å². The van der Waals surface area contributed by atoms with Gasteiger partial charge in [-0.25, -0.2) is 9.50 Å². The van der Waals surface area contributed by atoms with Crippen LogP contribution >= 0.6 is 0 Å². The first-order valence-electron chi connectivity index (χ1n) is 5.86. The lowest BCUT2D eigenvalue weighted by Gasteiger charge is -2.24. The van der Waals surface area contributed by atoms with E-state index in [1.807, 2.05) is 17.8 Å². The van der Waals surface area contributed by atoms with E-state index in [1.165, 1.54) is 25.0 Å². The van der Waals surface area contributed by atoms with Crippen LogP contribution in [-0.4, -0.2) is 21.6 Å². The van der Waals surface area contributed by atoms with Crippen LogP contribution in [0.1, 0.15) is 36.6 Å². The lowest BCUT2D eigenvalue weighted by atomic mass is 9.83. The predicted molar refractivity (Wildman–Crippen MR) is 62.3 cm³/mol. The van der Waals surface area contributed by atoms with E-state index in [4.69, 9.17) is 0 Å². The minimum Gasteiger partial charge on any atom is -0.314 e. The number of fused-ring (bicyclic) bond motifs is 1. The van der Waals surface area contributed by atoms with Gasteiger partial charge in [0.2, 0.25) is 0 Å². The molecule has 84 valence electrons. The topological polar surface area (TPSA) is 42.2 Å². The molecule has 1 N–H and O–H groups in total. The van der Waals surface area contributed by atoms with Crippen molar-refractivity contribution in [2.45, 2.75) is 31.7 Å². The highest BCUT2D eigenvalue weighted by molar-refractivity contribution is 5.39. The Hall–Kier alpha value is -1.42. The summed E-state index contributed by atoms with van der Waals surface area (Å²) in [5.41, 5.74) is 3.20. The molecule has 0 bridgehead atoms. The molecule has 0 amide bonds. The summed E-state index contributed by atoms with van der Waals surface area (Å²) >= 11 is 0. The van der Waals surface area contributed by atoms with Gasteiger partial charge in [-0.05, 0) is 32.0 Å². The molecule has 2 aromatic heterocycles. The molecule has 4 heteroatoms. The van der Waals surface area contributed by atoms with Gasteiger partial charge in [0, 0.05) is 12.5 Å². The van der Waals surface area contributed by atoms with Crippen molar-refractivity contribution >= 4 is 5.65 Å². The Morgan fingerprint density at radius 3 is 3.00 bits per heavy atom. The zero-order chi connectivity index (χ0) is 11.0. The molecule has 1 aliphatic carbocycles. The summed E-state index contributed by atoms with van der Waals surface area (Å²) < 4.78 is 1.90. The van der Waals surface area contributed by atoms with Gasteiger partial charge in [-0.3, -0.25) is 0 Å². The van der Waals surface area contributed by atoms with Gasteiger partial charge in [0.1, 0.15) is 0 Å². The highest BCUT2D eigenvalue weighted by atomic mass is 15.3. The average Bonchev–Trinajstić information content (AvgIpc) is 2.57. The van der Waals surface area contributed by atoms with E-state index >= 15 is 0 Å². The monoisotopic (exact) mass is 216 g/mol. The van der Waals surface area contributed by atoms with Crippen LogP contribution in [0.2, 0.25) is 0 Å². The van der Waals surface area contributed by atoms with Crippen molar-refractivity contribution < 1.29 is 0 Å². The Kier molecular flexibility index (Phi) is 2.36. The zero-order valence-electron chi connectivity index (χ0n) is 9.48. The van der Waals surface area contributed by atoms with E-state index in [9.17, 15) is 0 Å². The van der Waals surface area contributed by atoms with Crippen molar-refractivity contribution in [3.8, 4) is 0 Å². The van der Waals surface area contributed by atoms with Crippen LogP contribution in [0.25, 0.3) is 5.65 Å². The summed E-state index contributed by atoms with van der Waals surface area (Å²) in [5.74, 6) is 0.680. The van der Waals surface area contributed by atoms with Crippen LogP contribution in [-0.2, 0) is 6.54 Å². The number of nitrogens with one attached hydrogen (secondary N) is 1. The summed E-state index contributed by atoms with van der Waals surface area (Å²) in [4.78, 5) is 4.48. The molecule has 2 heterocycles. The van der Waals surface area contributed by atoms with Crippen LogP contribution in [0.3, 0.4) is 0 Å². The maximum atomic E-state index is 4.63. The van der Waals surface area contributed by atoms with E-state index < -0.39 is 0 Å². The summed E-state index contributed by atoms with van der Waals surface area (Å²) in [6, 6.07) is 4.19. The van der Waals surface area contributed by atoms with Crippen LogP contribution in [0.4, 0.5) is 0 Å². The van der Waals surface area contributed by atoms with Crippen molar-refractivity contribution in [2.24, 2.45) is 0 Å². The Bertz CT molecular complexity index is 499. The van der Waals surface area contributed by atoms with Gasteiger partial charge in [-0.1, -0.05) is 6.42 Å². The summed E-state index contributed by atoms with van der Waals surface area (Å²) in [6.45, 7) is 0.794. The number of aromatic nitrogens is 3. The highest BCUT2D eigenvalue weighted by Crippen LogP contribution is 2.34. The molecule has 0 atom stereocenters. The molecule has 1 fully saturated rings. The summed E-state index contributed by atoms with van der Waals surface area (Å²) in [6.07, 6.45) is 5.93. The fourth-order valence-electron chi connectivity index (χ4n) is 2.13. The van der Waals surface area contributed by atoms with Crippen molar-refractivity contribution in [1.29, 1.82) is 0 Å². The number of imidazole rings is 1. The SMILES string of the molecule is CNCc1cn2nc(C3CCC3)ccc2n1. The first-order valence-corrected chi connectivity index (χ1v) is 5.86. The molecular weight excluding hydrogens is 200 g/mol. The standard InChI is InChI=1S/C12H16N4/c1-13-7-10-8-16-12(14-10)6-5-11(15-16)9-3-2-4-9/h5-6,8-9,13H,2-4,7H2,1H3. The number of hydrogen-bond donors (Lipinski definition) is 1. The second-order valence-electron chi connectivity index (χ2n) is 4.45. The first kappa shape index (κ1) is 9.78. The third-order valence-corrected chi connectivity index (χ3v) is 3.27. The third-order valence-electron chi connectivity index (χ3n) is 3.27. The molecule has 16 heavy (non-hydrogen) atoms. The maximum absolute atomic E-state index is 4.63. The first-order chi connectivity index (χ1) is 7.86. The maximum Gasteiger partial charge on any atom is 0.153 e. The molecule has 0 radical (unpaired) electrons. The summed E-state index contributed by atoms with van der Waals surface area (Å²) in [7, 11) is 1.93. The van der Waals surface area contributed by atoms with Crippen molar-refractivity contribution in [3.63, 3.8) is 0 Å². The van der Waals surface area contributed by atoms with Gasteiger partial charge >= 0.3 is 0 Å². The lowest BCUT2D eigenvalue weighted by Crippen LogP contribution is -2.11. The second-order valence-corrected chi connectivity index (χ2v) is 4.45. The number of rotatable bonds is 3.